The standard InChI is InChI=1S/C14H19NO4S/c1-9(2)13(14(17)18)20-8-12(16)15-10-6-4-5-7-11(10)19-3/h4-7,9,13H,8H2,1-3H3,(H,15,16)(H,17,18). The topological polar surface area (TPSA) is 75.6 Å². The van der Waals surface area contributed by atoms with Crippen LogP contribution in [0.25, 0.3) is 0 Å². The van der Waals surface area contributed by atoms with Crippen molar-refractivity contribution in [2.45, 2.75) is 19.1 Å². The molecule has 1 amide bonds. The second-order valence-electron chi connectivity index (χ2n) is 4.56. The molecule has 0 saturated carbocycles. The summed E-state index contributed by atoms with van der Waals surface area (Å²) in [5.74, 6) is -0.504. The van der Waals surface area contributed by atoms with Crippen LogP contribution in [0.4, 0.5) is 5.69 Å². The molecule has 0 aliphatic carbocycles. The van der Waals surface area contributed by atoms with Gasteiger partial charge in [0.05, 0.1) is 18.6 Å². The third-order valence-electron chi connectivity index (χ3n) is 2.62. The molecule has 0 aliphatic heterocycles. The molecule has 20 heavy (non-hydrogen) atoms. The van der Waals surface area contributed by atoms with Crippen molar-refractivity contribution >= 4 is 29.3 Å². The molecule has 0 spiro atoms. The summed E-state index contributed by atoms with van der Waals surface area (Å²) >= 11 is 1.13. The van der Waals surface area contributed by atoms with Crippen molar-refractivity contribution in [1.82, 2.24) is 0 Å². The van der Waals surface area contributed by atoms with Crippen molar-refractivity contribution in [2.24, 2.45) is 5.92 Å². The monoisotopic (exact) mass is 297 g/mol. The Balaban J connectivity index is 2.57. The van der Waals surface area contributed by atoms with Gasteiger partial charge in [0.1, 0.15) is 11.0 Å². The molecule has 0 saturated heterocycles. The number of methoxy groups -OCH3 is 1. The minimum atomic E-state index is -0.893. The van der Waals surface area contributed by atoms with Gasteiger partial charge in [-0.25, -0.2) is 0 Å². The van der Waals surface area contributed by atoms with Crippen LogP contribution in [-0.4, -0.2) is 35.1 Å². The number of aliphatic carboxylic acids is 1. The second kappa shape index (κ2) is 7.79. The smallest absolute Gasteiger partial charge is 0.316 e. The number of benzene rings is 1. The summed E-state index contributed by atoms with van der Waals surface area (Å²) in [7, 11) is 1.53. The fraction of sp³-hybridized carbons (Fsp3) is 0.429. The number of ether oxygens (including phenoxy) is 1. The molecular weight excluding hydrogens is 278 g/mol. The molecule has 0 radical (unpaired) electrons. The number of hydrogen-bond acceptors (Lipinski definition) is 4. The third-order valence-corrected chi connectivity index (χ3v) is 4.16. The van der Waals surface area contributed by atoms with Crippen LogP contribution in [0, 0.1) is 5.92 Å². The maximum atomic E-state index is 11.8. The lowest BCUT2D eigenvalue weighted by molar-refractivity contribution is -0.137. The Hall–Kier alpha value is -1.69. The number of hydrogen-bond donors (Lipinski definition) is 2. The molecule has 1 unspecified atom stereocenters. The Morgan fingerprint density at radius 3 is 2.55 bits per heavy atom. The van der Waals surface area contributed by atoms with E-state index >= 15 is 0 Å². The van der Waals surface area contributed by atoms with E-state index in [1.807, 2.05) is 19.9 Å². The van der Waals surface area contributed by atoms with Crippen LogP contribution in [0.1, 0.15) is 13.8 Å². The summed E-state index contributed by atoms with van der Waals surface area (Å²) in [4.78, 5) is 22.9. The first-order valence-corrected chi connectivity index (χ1v) is 7.27. The molecule has 0 aliphatic rings. The quantitative estimate of drug-likeness (QED) is 0.808. The molecule has 1 rings (SSSR count). The van der Waals surface area contributed by atoms with Gasteiger partial charge < -0.3 is 15.2 Å². The number of carbonyl (C=O) groups is 2. The van der Waals surface area contributed by atoms with Crippen molar-refractivity contribution in [2.75, 3.05) is 18.2 Å². The van der Waals surface area contributed by atoms with Gasteiger partial charge in [-0.15, -0.1) is 11.8 Å². The summed E-state index contributed by atoms with van der Waals surface area (Å²) in [6, 6.07) is 7.08. The number of rotatable bonds is 7. The van der Waals surface area contributed by atoms with Gasteiger partial charge in [0.2, 0.25) is 5.91 Å². The molecule has 0 bridgehead atoms. The highest BCUT2D eigenvalue weighted by Crippen LogP contribution is 2.24. The second-order valence-corrected chi connectivity index (χ2v) is 5.69. The van der Waals surface area contributed by atoms with E-state index in [0.29, 0.717) is 11.4 Å². The lowest BCUT2D eigenvalue weighted by atomic mass is 10.1. The van der Waals surface area contributed by atoms with Gasteiger partial charge in [0.15, 0.2) is 0 Å². The van der Waals surface area contributed by atoms with Crippen LogP contribution in [0.15, 0.2) is 24.3 Å². The molecule has 0 heterocycles. The molecule has 110 valence electrons. The predicted octanol–water partition coefficient (Wildman–Crippen LogP) is 2.48. The molecule has 0 aromatic heterocycles. The zero-order valence-corrected chi connectivity index (χ0v) is 12.6. The molecule has 2 N–H and O–H groups in total. The van der Waals surface area contributed by atoms with Crippen LogP contribution in [-0.2, 0) is 9.59 Å². The number of anilines is 1. The number of nitrogens with one attached hydrogen (secondary N) is 1. The van der Waals surface area contributed by atoms with Gasteiger partial charge in [-0.3, -0.25) is 9.59 Å². The number of amides is 1. The van der Waals surface area contributed by atoms with E-state index in [1.54, 1.807) is 18.2 Å². The van der Waals surface area contributed by atoms with Crippen LogP contribution in [0.5, 0.6) is 5.75 Å². The number of carbonyl (C=O) groups excluding carboxylic acids is 1. The van der Waals surface area contributed by atoms with E-state index in [1.165, 1.54) is 7.11 Å². The van der Waals surface area contributed by atoms with Crippen LogP contribution >= 0.6 is 11.8 Å². The Kier molecular flexibility index (Phi) is 6.38. The zero-order valence-electron chi connectivity index (χ0n) is 11.8. The maximum absolute atomic E-state index is 11.8. The Labute approximate surface area is 122 Å². The van der Waals surface area contributed by atoms with Crippen molar-refractivity contribution in [1.29, 1.82) is 0 Å². The van der Waals surface area contributed by atoms with Gasteiger partial charge in [0.25, 0.3) is 0 Å². The largest absolute Gasteiger partial charge is 0.495 e. The van der Waals surface area contributed by atoms with Crippen molar-refractivity contribution in [3.05, 3.63) is 24.3 Å². The first-order chi connectivity index (χ1) is 9.45. The Bertz CT molecular complexity index is 476. The molecule has 0 fully saturated rings. The third kappa shape index (κ3) is 4.77. The molecule has 1 aromatic rings. The minimum absolute atomic E-state index is 0.0310. The lowest BCUT2D eigenvalue weighted by Crippen LogP contribution is -2.25. The first-order valence-electron chi connectivity index (χ1n) is 6.23. The van der Waals surface area contributed by atoms with Gasteiger partial charge in [-0.1, -0.05) is 26.0 Å². The normalized spacial score (nSPS) is 12.0. The summed E-state index contributed by atoms with van der Waals surface area (Å²) < 4.78 is 5.13. The summed E-state index contributed by atoms with van der Waals surface area (Å²) in [6.07, 6.45) is 0. The van der Waals surface area contributed by atoms with Gasteiger partial charge >= 0.3 is 5.97 Å². The van der Waals surface area contributed by atoms with E-state index in [2.05, 4.69) is 5.32 Å². The maximum Gasteiger partial charge on any atom is 0.316 e. The summed E-state index contributed by atoms with van der Waals surface area (Å²) in [5, 5.41) is 11.2. The van der Waals surface area contributed by atoms with Crippen LogP contribution in [0.2, 0.25) is 0 Å². The average molecular weight is 297 g/mol. The SMILES string of the molecule is COc1ccccc1NC(=O)CSC(C(=O)O)C(C)C. The highest BCUT2D eigenvalue weighted by atomic mass is 32.2. The predicted molar refractivity (Wildman–Crippen MR) is 80.3 cm³/mol. The molecule has 1 aromatic carbocycles. The lowest BCUT2D eigenvalue weighted by Gasteiger charge is -2.15. The average Bonchev–Trinajstić information content (AvgIpc) is 2.38. The number of carboxylic acids is 1. The Morgan fingerprint density at radius 1 is 1.35 bits per heavy atom. The van der Waals surface area contributed by atoms with E-state index in [9.17, 15) is 9.59 Å². The van der Waals surface area contributed by atoms with Crippen molar-refractivity contribution in [3.63, 3.8) is 0 Å². The molecule has 6 heteroatoms. The first kappa shape index (κ1) is 16.4. The van der Waals surface area contributed by atoms with E-state index in [-0.39, 0.29) is 17.6 Å². The number of carboxylic acid groups (broad SMARTS) is 1. The summed E-state index contributed by atoms with van der Waals surface area (Å²) in [6.45, 7) is 3.65. The summed E-state index contributed by atoms with van der Waals surface area (Å²) in [5.41, 5.74) is 0.581. The van der Waals surface area contributed by atoms with Crippen molar-refractivity contribution < 1.29 is 19.4 Å². The number of para-hydroxylation sites is 2. The van der Waals surface area contributed by atoms with Gasteiger partial charge in [0, 0.05) is 0 Å². The van der Waals surface area contributed by atoms with E-state index in [0.717, 1.165) is 11.8 Å². The fourth-order valence-corrected chi connectivity index (χ4v) is 2.58. The van der Waals surface area contributed by atoms with Crippen molar-refractivity contribution in [3.8, 4) is 5.75 Å². The highest BCUT2D eigenvalue weighted by molar-refractivity contribution is 8.01. The minimum Gasteiger partial charge on any atom is -0.495 e. The Morgan fingerprint density at radius 2 is 2.00 bits per heavy atom. The fourth-order valence-electron chi connectivity index (χ4n) is 1.65. The molecular formula is C14H19NO4S. The number of thioether (sulfide) groups is 1. The van der Waals surface area contributed by atoms with Crippen LogP contribution in [0.3, 0.4) is 0 Å². The van der Waals surface area contributed by atoms with Gasteiger partial charge in [-0.05, 0) is 18.1 Å². The van der Waals surface area contributed by atoms with Gasteiger partial charge in [-0.2, -0.15) is 0 Å². The highest BCUT2D eigenvalue weighted by Gasteiger charge is 2.23. The zero-order chi connectivity index (χ0) is 15.1. The van der Waals surface area contributed by atoms with E-state index in [4.69, 9.17) is 9.84 Å². The van der Waals surface area contributed by atoms with Crippen LogP contribution < -0.4 is 10.1 Å². The van der Waals surface area contributed by atoms with E-state index < -0.39 is 11.2 Å². The molecule has 1 atom stereocenters. The molecule has 5 nitrogen and oxygen atoms in total.